The highest BCUT2D eigenvalue weighted by atomic mass is 16.5. The summed E-state index contributed by atoms with van der Waals surface area (Å²) in [6, 6.07) is 15.6. The van der Waals surface area contributed by atoms with E-state index in [1.165, 1.54) is 0 Å². The van der Waals surface area contributed by atoms with Crippen LogP contribution in [0.2, 0.25) is 0 Å². The summed E-state index contributed by atoms with van der Waals surface area (Å²) in [4.78, 5) is 33.7. The number of H-pyrrole nitrogens is 1. The van der Waals surface area contributed by atoms with E-state index < -0.39 is 6.04 Å². The number of aromatic nitrogens is 1. The van der Waals surface area contributed by atoms with Gasteiger partial charge >= 0.3 is 0 Å². The lowest BCUT2D eigenvalue weighted by atomic mass is 9.86. The third kappa shape index (κ3) is 2.91. The molecule has 1 fully saturated rings. The second kappa shape index (κ2) is 7.29. The highest BCUT2D eigenvalue weighted by Crippen LogP contribution is 2.42. The lowest BCUT2D eigenvalue weighted by Gasteiger charge is -2.47. The van der Waals surface area contributed by atoms with Crippen LogP contribution in [0.25, 0.3) is 10.9 Å². The Kier molecular flexibility index (Phi) is 4.59. The number of rotatable bonds is 4. The summed E-state index contributed by atoms with van der Waals surface area (Å²) in [5.74, 6) is -0.0215. The van der Waals surface area contributed by atoms with Gasteiger partial charge in [-0.25, -0.2) is 0 Å². The van der Waals surface area contributed by atoms with Crippen molar-refractivity contribution in [2.75, 3.05) is 26.8 Å². The predicted molar refractivity (Wildman–Crippen MR) is 114 cm³/mol. The van der Waals surface area contributed by atoms with Crippen LogP contribution in [-0.4, -0.2) is 59.4 Å². The first-order valence-corrected chi connectivity index (χ1v) is 10.3. The van der Waals surface area contributed by atoms with E-state index >= 15 is 0 Å². The first-order valence-electron chi connectivity index (χ1n) is 10.3. The van der Waals surface area contributed by atoms with Crippen molar-refractivity contribution in [1.29, 1.82) is 0 Å². The van der Waals surface area contributed by atoms with Crippen LogP contribution in [0.3, 0.4) is 0 Å². The van der Waals surface area contributed by atoms with Gasteiger partial charge in [0.1, 0.15) is 6.04 Å². The van der Waals surface area contributed by atoms with Gasteiger partial charge in [-0.15, -0.1) is 0 Å². The molecular weight excluding hydrogens is 378 g/mol. The zero-order valence-corrected chi connectivity index (χ0v) is 17.2. The first kappa shape index (κ1) is 18.9. The van der Waals surface area contributed by atoms with E-state index in [0.29, 0.717) is 19.6 Å². The molecule has 1 N–H and O–H groups in total. The number of para-hydroxylation sites is 1. The molecule has 154 valence electrons. The lowest BCUT2D eigenvalue weighted by molar-refractivity contribution is -0.159. The molecule has 2 atom stereocenters. The average Bonchev–Trinajstić information content (AvgIpc) is 3.12. The van der Waals surface area contributed by atoms with Crippen molar-refractivity contribution in [3.05, 3.63) is 70.9 Å². The normalized spacial score (nSPS) is 21.1. The molecular formula is C24H25N3O3. The van der Waals surface area contributed by atoms with Gasteiger partial charge in [-0.2, -0.15) is 0 Å². The fourth-order valence-electron chi connectivity index (χ4n) is 4.90. The molecule has 2 aliphatic rings. The monoisotopic (exact) mass is 403 g/mol. The van der Waals surface area contributed by atoms with Crippen molar-refractivity contribution < 1.29 is 14.3 Å². The van der Waals surface area contributed by atoms with Crippen molar-refractivity contribution in [2.45, 2.75) is 25.4 Å². The van der Waals surface area contributed by atoms with Gasteiger partial charge in [-0.3, -0.25) is 9.59 Å². The molecule has 30 heavy (non-hydrogen) atoms. The second-order valence-electron chi connectivity index (χ2n) is 8.15. The zero-order valence-electron chi connectivity index (χ0n) is 17.2. The molecule has 2 aromatic carbocycles. The van der Waals surface area contributed by atoms with E-state index in [-0.39, 0.29) is 24.4 Å². The summed E-state index contributed by atoms with van der Waals surface area (Å²) in [5.41, 5.74) is 5.34. The summed E-state index contributed by atoms with van der Waals surface area (Å²) in [7, 11) is 1.61. The van der Waals surface area contributed by atoms with E-state index in [0.717, 1.165) is 33.3 Å². The maximum absolute atomic E-state index is 13.4. The second-order valence-corrected chi connectivity index (χ2v) is 8.15. The molecule has 0 radical (unpaired) electrons. The number of carbonyl (C=O) groups excluding carboxylic acids is 2. The summed E-state index contributed by atoms with van der Waals surface area (Å²) < 4.78 is 5.15. The Morgan fingerprint density at radius 2 is 1.97 bits per heavy atom. The molecule has 0 spiro atoms. The van der Waals surface area contributed by atoms with Gasteiger partial charge in [0.25, 0.3) is 0 Å². The maximum Gasteiger partial charge on any atom is 0.246 e. The number of ether oxygens (including phenoxy) is 1. The van der Waals surface area contributed by atoms with Crippen molar-refractivity contribution >= 4 is 22.7 Å². The molecule has 1 saturated heterocycles. The molecule has 2 amide bonds. The standard InChI is InChI=1S/C24H25N3O3/c1-15-6-5-7-16(12-15)23-22-18(17-8-3-4-9-19(17)25-22)13-20-24(29)26(10-11-30-2)14-21(28)27(20)23/h3-9,12,20,23,25H,10-11,13-14H2,1-2H3/t20-,23?/m0/s1. The molecule has 3 aromatic rings. The van der Waals surface area contributed by atoms with Crippen molar-refractivity contribution in [3.8, 4) is 0 Å². The number of aromatic amines is 1. The first-order chi connectivity index (χ1) is 14.6. The fourth-order valence-corrected chi connectivity index (χ4v) is 4.90. The number of aryl methyl sites for hydroxylation is 1. The number of hydrogen-bond acceptors (Lipinski definition) is 3. The molecule has 1 unspecified atom stereocenters. The number of benzene rings is 2. The molecule has 2 aliphatic heterocycles. The fraction of sp³-hybridized carbons (Fsp3) is 0.333. The molecule has 6 heteroatoms. The number of piperazine rings is 1. The molecule has 0 bridgehead atoms. The van der Waals surface area contributed by atoms with Crippen LogP contribution < -0.4 is 0 Å². The smallest absolute Gasteiger partial charge is 0.246 e. The van der Waals surface area contributed by atoms with Crippen LogP contribution in [0.1, 0.15) is 28.4 Å². The lowest BCUT2D eigenvalue weighted by Crippen LogP contribution is -2.63. The number of fused-ring (bicyclic) bond motifs is 4. The summed E-state index contributed by atoms with van der Waals surface area (Å²) in [5, 5.41) is 1.12. The SMILES string of the molecule is COCCN1CC(=O)N2C(c3cccc(C)c3)c3[nH]c4ccccc4c3C[C@H]2C1=O. The number of carbonyl (C=O) groups is 2. The number of hydrogen-bond donors (Lipinski definition) is 1. The van der Waals surface area contributed by atoms with Gasteiger partial charge in [0.15, 0.2) is 0 Å². The van der Waals surface area contributed by atoms with Crippen molar-refractivity contribution in [3.63, 3.8) is 0 Å². The van der Waals surface area contributed by atoms with Gasteiger partial charge in [-0.05, 0) is 24.1 Å². The number of amides is 2. The molecule has 5 rings (SSSR count). The van der Waals surface area contributed by atoms with E-state index in [2.05, 4.69) is 23.2 Å². The zero-order chi connectivity index (χ0) is 20.8. The summed E-state index contributed by atoms with van der Waals surface area (Å²) in [6.07, 6.45) is 0.524. The Balaban J connectivity index is 1.67. The Bertz CT molecular complexity index is 1140. The minimum Gasteiger partial charge on any atom is -0.383 e. The topological polar surface area (TPSA) is 65.6 Å². The van der Waals surface area contributed by atoms with Crippen LogP contribution in [0.5, 0.6) is 0 Å². The molecule has 1 aromatic heterocycles. The summed E-state index contributed by atoms with van der Waals surface area (Å²) >= 11 is 0. The molecule has 6 nitrogen and oxygen atoms in total. The molecule has 0 saturated carbocycles. The van der Waals surface area contributed by atoms with Crippen LogP contribution in [0, 0.1) is 6.92 Å². The Hall–Kier alpha value is -3.12. The van der Waals surface area contributed by atoms with Crippen molar-refractivity contribution in [1.82, 2.24) is 14.8 Å². The number of nitrogens with zero attached hydrogens (tertiary/aromatic N) is 2. The van der Waals surface area contributed by atoms with E-state index in [1.54, 1.807) is 16.9 Å². The molecule has 0 aliphatic carbocycles. The predicted octanol–water partition coefficient (Wildman–Crippen LogP) is 2.81. The van der Waals surface area contributed by atoms with Gasteiger partial charge in [0.2, 0.25) is 11.8 Å². The average molecular weight is 403 g/mol. The Labute approximate surface area is 175 Å². The minimum absolute atomic E-state index is 0.000217. The highest BCUT2D eigenvalue weighted by Gasteiger charge is 2.48. The van der Waals surface area contributed by atoms with Gasteiger partial charge in [-0.1, -0.05) is 48.0 Å². The molecule has 3 heterocycles. The van der Waals surface area contributed by atoms with E-state index in [9.17, 15) is 9.59 Å². The van der Waals surface area contributed by atoms with Crippen LogP contribution >= 0.6 is 0 Å². The Morgan fingerprint density at radius 3 is 2.77 bits per heavy atom. The quantitative estimate of drug-likeness (QED) is 0.729. The summed E-state index contributed by atoms with van der Waals surface area (Å²) in [6.45, 7) is 2.99. The highest BCUT2D eigenvalue weighted by molar-refractivity contribution is 5.97. The maximum atomic E-state index is 13.4. The third-order valence-electron chi connectivity index (χ3n) is 6.27. The minimum atomic E-state index is -0.500. The number of methoxy groups -OCH3 is 1. The van der Waals surface area contributed by atoms with Gasteiger partial charge in [0, 0.05) is 36.7 Å². The van der Waals surface area contributed by atoms with Crippen LogP contribution in [0.15, 0.2) is 48.5 Å². The van der Waals surface area contributed by atoms with Crippen LogP contribution in [0.4, 0.5) is 0 Å². The van der Waals surface area contributed by atoms with E-state index in [4.69, 9.17) is 4.74 Å². The largest absolute Gasteiger partial charge is 0.383 e. The van der Waals surface area contributed by atoms with Crippen LogP contribution in [-0.2, 0) is 20.7 Å². The third-order valence-corrected chi connectivity index (χ3v) is 6.27. The Morgan fingerprint density at radius 1 is 1.13 bits per heavy atom. The van der Waals surface area contributed by atoms with Gasteiger partial charge < -0.3 is 19.5 Å². The van der Waals surface area contributed by atoms with Gasteiger partial charge in [0.05, 0.1) is 19.2 Å². The van der Waals surface area contributed by atoms with Crippen molar-refractivity contribution in [2.24, 2.45) is 0 Å². The van der Waals surface area contributed by atoms with E-state index in [1.807, 2.05) is 37.3 Å². The number of nitrogens with one attached hydrogen (secondary N) is 1.